The van der Waals surface area contributed by atoms with Crippen molar-refractivity contribution < 1.29 is 0 Å². The number of thiophene rings is 1. The number of fused-ring (bicyclic) bond motifs is 9. The Morgan fingerprint density at radius 2 is 1.19 bits per heavy atom. The third kappa shape index (κ3) is 2.52. The molecule has 0 saturated carbocycles. The fourth-order valence-corrected chi connectivity index (χ4v) is 6.08. The number of rotatable bonds is 1. The van der Waals surface area contributed by atoms with Crippen LogP contribution in [0.3, 0.4) is 0 Å². The number of nitrogens with zero attached hydrogens (tertiary/aromatic N) is 2. The molecule has 0 aliphatic rings. The molecule has 0 atom stereocenters. The largest absolute Gasteiger partial charge is 0.223 e. The second-order valence-electron chi connectivity index (χ2n) is 7.97. The van der Waals surface area contributed by atoms with Gasteiger partial charge in [0, 0.05) is 36.5 Å². The normalized spacial score (nSPS) is 11.9. The van der Waals surface area contributed by atoms with Gasteiger partial charge in [0.1, 0.15) is 0 Å². The molecule has 0 radical (unpaired) electrons. The predicted molar refractivity (Wildman–Crippen MR) is 138 cm³/mol. The summed E-state index contributed by atoms with van der Waals surface area (Å²) in [7, 11) is 0. The van der Waals surface area contributed by atoms with Gasteiger partial charge in [0.15, 0.2) is 0 Å². The van der Waals surface area contributed by atoms with Crippen molar-refractivity contribution >= 4 is 75.6 Å². The molecule has 7 aromatic rings. The maximum atomic E-state index is 6.50. The summed E-state index contributed by atoms with van der Waals surface area (Å²) in [6.07, 6.45) is 0. The Morgan fingerprint density at radius 1 is 0.562 bits per heavy atom. The van der Waals surface area contributed by atoms with Crippen molar-refractivity contribution in [1.82, 2.24) is 9.97 Å². The van der Waals surface area contributed by atoms with Gasteiger partial charge in [0.05, 0.1) is 11.2 Å². The first-order chi connectivity index (χ1) is 15.8. The van der Waals surface area contributed by atoms with E-state index in [1.54, 1.807) is 0 Å². The highest BCUT2D eigenvalue weighted by Crippen LogP contribution is 2.41. The molecule has 0 aliphatic heterocycles. The molecule has 0 spiro atoms. The Labute approximate surface area is 192 Å². The molecule has 0 bridgehead atoms. The van der Waals surface area contributed by atoms with Crippen LogP contribution in [-0.2, 0) is 0 Å². The fourth-order valence-electron chi connectivity index (χ4n) is 4.83. The van der Waals surface area contributed by atoms with Gasteiger partial charge in [0.2, 0.25) is 5.28 Å². The van der Waals surface area contributed by atoms with E-state index in [2.05, 4.69) is 91.0 Å². The third-order valence-electron chi connectivity index (χ3n) is 6.20. The minimum atomic E-state index is 0.267. The molecule has 0 saturated heterocycles. The second kappa shape index (κ2) is 6.73. The van der Waals surface area contributed by atoms with Crippen LogP contribution < -0.4 is 0 Å². The summed E-state index contributed by atoms with van der Waals surface area (Å²) in [6, 6.07) is 32.0. The Hall–Kier alpha value is -3.53. The van der Waals surface area contributed by atoms with Gasteiger partial charge >= 0.3 is 0 Å². The highest BCUT2D eigenvalue weighted by molar-refractivity contribution is 7.25. The zero-order valence-corrected chi connectivity index (χ0v) is 18.4. The predicted octanol–water partition coefficient (Wildman–Crippen LogP) is 8.62. The van der Waals surface area contributed by atoms with E-state index in [-0.39, 0.29) is 5.28 Å². The van der Waals surface area contributed by atoms with Gasteiger partial charge < -0.3 is 0 Å². The minimum absolute atomic E-state index is 0.267. The lowest BCUT2D eigenvalue weighted by molar-refractivity contribution is 1.23. The second-order valence-corrected chi connectivity index (χ2v) is 9.39. The van der Waals surface area contributed by atoms with Crippen molar-refractivity contribution in [3.63, 3.8) is 0 Å². The first-order valence-electron chi connectivity index (χ1n) is 10.5. The maximum Gasteiger partial charge on any atom is 0.223 e. The third-order valence-corrected chi connectivity index (χ3v) is 7.52. The van der Waals surface area contributed by atoms with Gasteiger partial charge in [-0.1, -0.05) is 72.8 Å². The minimum Gasteiger partial charge on any atom is -0.217 e. The van der Waals surface area contributed by atoms with Crippen LogP contribution in [0.2, 0.25) is 5.28 Å². The van der Waals surface area contributed by atoms with E-state index in [1.807, 2.05) is 11.3 Å². The van der Waals surface area contributed by atoms with Crippen molar-refractivity contribution in [1.29, 1.82) is 0 Å². The van der Waals surface area contributed by atoms with Gasteiger partial charge in [-0.2, -0.15) is 0 Å². The molecule has 0 N–H and O–H groups in total. The fraction of sp³-hybridized carbons (Fsp3) is 0. The van der Waals surface area contributed by atoms with Crippen LogP contribution in [0.25, 0.3) is 63.9 Å². The lowest BCUT2D eigenvalue weighted by Crippen LogP contribution is -1.94. The van der Waals surface area contributed by atoms with Gasteiger partial charge in [0.25, 0.3) is 0 Å². The Balaban J connectivity index is 1.67. The van der Waals surface area contributed by atoms with E-state index in [4.69, 9.17) is 21.6 Å². The highest BCUT2D eigenvalue weighted by Gasteiger charge is 2.17. The molecule has 7 rings (SSSR count). The molecule has 0 amide bonds. The summed E-state index contributed by atoms with van der Waals surface area (Å²) in [5, 5.41) is 8.44. The Morgan fingerprint density at radius 3 is 2.00 bits per heavy atom. The van der Waals surface area contributed by atoms with Crippen LogP contribution in [0.1, 0.15) is 0 Å². The molecular weight excluding hydrogens is 432 g/mol. The van der Waals surface area contributed by atoms with Crippen molar-refractivity contribution in [2.24, 2.45) is 0 Å². The first-order valence-corrected chi connectivity index (χ1v) is 11.7. The van der Waals surface area contributed by atoms with Crippen molar-refractivity contribution in [3.05, 3.63) is 96.3 Å². The van der Waals surface area contributed by atoms with E-state index in [9.17, 15) is 0 Å². The molecular formula is C28H15ClN2S. The van der Waals surface area contributed by atoms with Gasteiger partial charge in [-0.25, -0.2) is 9.97 Å². The van der Waals surface area contributed by atoms with Gasteiger partial charge in [-0.05, 0) is 46.0 Å². The summed E-state index contributed by atoms with van der Waals surface area (Å²) in [5.41, 5.74) is 2.82. The monoisotopic (exact) mass is 446 g/mol. The quantitative estimate of drug-likeness (QED) is 0.186. The van der Waals surface area contributed by atoms with E-state index < -0.39 is 0 Å². The summed E-state index contributed by atoms with van der Waals surface area (Å²) >= 11 is 8.32. The smallest absolute Gasteiger partial charge is 0.217 e. The lowest BCUT2D eigenvalue weighted by Gasteiger charge is -2.13. The maximum absolute atomic E-state index is 6.50. The highest BCUT2D eigenvalue weighted by atomic mass is 35.5. The lowest BCUT2D eigenvalue weighted by atomic mass is 9.94. The van der Waals surface area contributed by atoms with Crippen LogP contribution in [0.4, 0.5) is 0 Å². The average molecular weight is 447 g/mol. The van der Waals surface area contributed by atoms with E-state index in [1.165, 1.54) is 30.9 Å². The molecule has 2 nitrogen and oxygen atoms in total. The molecule has 0 fully saturated rings. The number of hydrogen-bond acceptors (Lipinski definition) is 3. The molecule has 5 aromatic carbocycles. The van der Waals surface area contributed by atoms with E-state index in [0.717, 1.165) is 32.9 Å². The Bertz CT molecular complexity index is 1850. The van der Waals surface area contributed by atoms with E-state index >= 15 is 0 Å². The average Bonchev–Trinajstić information content (AvgIpc) is 3.21. The topological polar surface area (TPSA) is 25.8 Å². The van der Waals surface area contributed by atoms with Crippen LogP contribution in [0.15, 0.2) is 91.0 Å². The standard InChI is InChI=1S/C28H15ClN2S/c29-28-30-26(16-13-14-24-22(15-16)19-9-5-6-12-23(19)32-24)25-20-10-3-1-7-17(20)18-8-2-4-11-21(18)27(25)31-28/h1-15H. The van der Waals surface area contributed by atoms with Gasteiger partial charge in [-0.15, -0.1) is 11.3 Å². The molecule has 4 heteroatoms. The zero-order valence-electron chi connectivity index (χ0n) is 16.8. The first kappa shape index (κ1) is 18.1. The van der Waals surface area contributed by atoms with Crippen LogP contribution in [-0.4, -0.2) is 9.97 Å². The molecule has 32 heavy (non-hydrogen) atoms. The van der Waals surface area contributed by atoms with Crippen LogP contribution >= 0.6 is 22.9 Å². The molecule has 150 valence electrons. The summed E-state index contributed by atoms with van der Waals surface area (Å²) in [6.45, 7) is 0. The van der Waals surface area contributed by atoms with Crippen molar-refractivity contribution in [2.75, 3.05) is 0 Å². The summed E-state index contributed by atoms with van der Waals surface area (Å²) in [5.74, 6) is 0. The molecule has 0 aliphatic carbocycles. The molecule has 2 heterocycles. The number of halogens is 1. The van der Waals surface area contributed by atoms with Crippen LogP contribution in [0, 0.1) is 0 Å². The molecule has 2 aromatic heterocycles. The number of hydrogen-bond donors (Lipinski definition) is 0. The zero-order chi connectivity index (χ0) is 21.2. The number of benzene rings is 5. The SMILES string of the molecule is Clc1nc(-c2ccc3sc4ccccc4c3c2)c2c3ccccc3c3ccccc3c2n1. The van der Waals surface area contributed by atoms with Crippen molar-refractivity contribution in [3.8, 4) is 11.3 Å². The number of aromatic nitrogens is 2. The summed E-state index contributed by atoms with van der Waals surface area (Å²) in [4.78, 5) is 9.46. The van der Waals surface area contributed by atoms with Crippen LogP contribution in [0.5, 0.6) is 0 Å². The van der Waals surface area contributed by atoms with Crippen molar-refractivity contribution in [2.45, 2.75) is 0 Å². The van der Waals surface area contributed by atoms with E-state index in [0.29, 0.717) is 0 Å². The molecule has 0 unspecified atom stereocenters. The Kier molecular flexibility index (Phi) is 3.80. The summed E-state index contributed by atoms with van der Waals surface area (Å²) < 4.78 is 2.57. The van der Waals surface area contributed by atoms with Gasteiger partial charge in [-0.3, -0.25) is 0 Å².